The van der Waals surface area contributed by atoms with Crippen molar-refractivity contribution in [1.82, 2.24) is 9.88 Å². The summed E-state index contributed by atoms with van der Waals surface area (Å²) in [6.07, 6.45) is 4.39. The van der Waals surface area contributed by atoms with Gasteiger partial charge in [0.15, 0.2) is 0 Å². The molecule has 1 aromatic rings. The van der Waals surface area contributed by atoms with Crippen LogP contribution in [-0.2, 0) is 16.0 Å². The molecule has 1 saturated carbocycles. The first kappa shape index (κ1) is 19.3. The van der Waals surface area contributed by atoms with Crippen molar-refractivity contribution in [2.24, 2.45) is 0 Å². The topological polar surface area (TPSA) is 80.6 Å². The molecular weight excluding hydrogens is 320 g/mol. The van der Waals surface area contributed by atoms with Gasteiger partial charge in [-0.05, 0) is 59.1 Å². The molecule has 2 N–H and O–H groups in total. The average molecular weight is 350 g/mol. The Kier molecular flexibility index (Phi) is 5.80. The van der Waals surface area contributed by atoms with Crippen molar-refractivity contribution in [3.05, 3.63) is 23.0 Å². The third kappa shape index (κ3) is 5.00. The predicted octanol–water partition coefficient (Wildman–Crippen LogP) is 3.74. The van der Waals surface area contributed by atoms with Gasteiger partial charge in [0.25, 0.3) is 0 Å². The molecule has 0 radical (unpaired) electrons. The number of aromatic nitrogens is 1. The monoisotopic (exact) mass is 350 g/mol. The van der Waals surface area contributed by atoms with E-state index in [0.717, 1.165) is 17.0 Å². The smallest absolute Gasteiger partial charge is 0.408 e. The molecule has 6 heteroatoms. The van der Waals surface area contributed by atoms with E-state index in [-0.39, 0.29) is 6.42 Å². The highest BCUT2D eigenvalue weighted by Crippen LogP contribution is 2.33. The number of carboxylic acid groups (broad SMARTS) is 1. The Hall–Kier alpha value is -1.98. The quantitative estimate of drug-likeness (QED) is 0.848. The number of ether oxygens (including phenoxy) is 1. The van der Waals surface area contributed by atoms with Crippen molar-refractivity contribution in [3.8, 4) is 0 Å². The number of nitrogens with zero attached hydrogens (tertiary/aromatic N) is 1. The van der Waals surface area contributed by atoms with Crippen LogP contribution in [0.1, 0.15) is 69.4 Å². The molecule has 1 atom stereocenters. The normalized spacial score (nSPS) is 16.7. The molecule has 2 rings (SSSR count). The Morgan fingerprint density at radius 2 is 1.92 bits per heavy atom. The fourth-order valence-corrected chi connectivity index (χ4v) is 3.65. The van der Waals surface area contributed by atoms with Crippen molar-refractivity contribution < 1.29 is 19.4 Å². The molecular formula is C19H30N2O4. The number of aryl methyl sites for hydroxylation is 1. The molecule has 1 aromatic heterocycles. The lowest BCUT2D eigenvalue weighted by atomic mass is 10.1. The summed E-state index contributed by atoms with van der Waals surface area (Å²) in [4.78, 5) is 23.5. The maximum atomic E-state index is 11.9. The number of carbonyl (C=O) groups excluding carboxylic acids is 1. The molecule has 1 fully saturated rings. The van der Waals surface area contributed by atoms with Gasteiger partial charge >= 0.3 is 12.1 Å². The van der Waals surface area contributed by atoms with Crippen LogP contribution in [0.15, 0.2) is 6.07 Å². The molecule has 0 spiro atoms. The summed E-state index contributed by atoms with van der Waals surface area (Å²) in [5.74, 6) is -1.06. The number of aliphatic carboxylic acids is 1. The van der Waals surface area contributed by atoms with Gasteiger partial charge in [-0.2, -0.15) is 0 Å². The second-order valence-electron chi connectivity index (χ2n) is 7.95. The first-order valence-electron chi connectivity index (χ1n) is 8.98. The van der Waals surface area contributed by atoms with Crippen molar-refractivity contribution in [1.29, 1.82) is 0 Å². The van der Waals surface area contributed by atoms with E-state index in [4.69, 9.17) is 4.74 Å². The van der Waals surface area contributed by atoms with Crippen molar-refractivity contribution in [2.75, 3.05) is 0 Å². The number of carboxylic acids is 1. The standard InChI is InChI=1S/C19H30N2O4/c1-12-10-14(13(2)21(12)15-8-6-7-9-15)11-16(17(22)23)20-18(24)25-19(3,4)5/h10,15-16H,6-9,11H2,1-5H3,(H,20,24)(H,22,23). The Morgan fingerprint density at radius 3 is 2.44 bits per heavy atom. The van der Waals surface area contributed by atoms with E-state index >= 15 is 0 Å². The fraction of sp³-hybridized carbons (Fsp3) is 0.684. The number of rotatable bonds is 5. The molecule has 1 unspecified atom stereocenters. The van der Waals surface area contributed by atoms with E-state index < -0.39 is 23.7 Å². The van der Waals surface area contributed by atoms with Crippen LogP contribution in [0.25, 0.3) is 0 Å². The van der Waals surface area contributed by atoms with E-state index in [2.05, 4.69) is 16.8 Å². The van der Waals surface area contributed by atoms with Gasteiger partial charge in [-0.15, -0.1) is 0 Å². The first-order chi connectivity index (χ1) is 11.6. The van der Waals surface area contributed by atoms with E-state index in [0.29, 0.717) is 6.04 Å². The van der Waals surface area contributed by atoms with E-state index in [1.807, 2.05) is 13.0 Å². The van der Waals surface area contributed by atoms with Crippen LogP contribution in [0.5, 0.6) is 0 Å². The van der Waals surface area contributed by atoms with Gasteiger partial charge in [-0.1, -0.05) is 12.8 Å². The number of carbonyl (C=O) groups is 2. The van der Waals surface area contributed by atoms with Crippen LogP contribution < -0.4 is 5.32 Å². The molecule has 6 nitrogen and oxygen atoms in total. The molecule has 25 heavy (non-hydrogen) atoms. The van der Waals surface area contributed by atoms with E-state index in [1.165, 1.54) is 25.7 Å². The van der Waals surface area contributed by atoms with Crippen molar-refractivity contribution in [3.63, 3.8) is 0 Å². The van der Waals surface area contributed by atoms with Gasteiger partial charge in [0.05, 0.1) is 0 Å². The van der Waals surface area contributed by atoms with Crippen LogP contribution in [0.2, 0.25) is 0 Å². The number of hydrogen-bond acceptors (Lipinski definition) is 3. The summed E-state index contributed by atoms with van der Waals surface area (Å²) in [6, 6.07) is 1.55. The van der Waals surface area contributed by atoms with E-state index in [1.54, 1.807) is 20.8 Å². The second kappa shape index (κ2) is 7.50. The van der Waals surface area contributed by atoms with Gasteiger partial charge in [-0.25, -0.2) is 9.59 Å². The highest BCUT2D eigenvalue weighted by Gasteiger charge is 2.27. The number of alkyl carbamates (subject to hydrolysis) is 1. The highest BCUT2D eigenvalue weighted by molar-refractivity contribution is 5.80. The minimum Gasteiger partial charge on any atom is -0.480 e. The lowest BCUT2D eigenvalue weighted by Gasteiger charge is -2.22. The minimum absolute atomic E-state index is 0.251. The number of nitrogens with one attached hydrogen (secondary N) is 1. The Morgan fingerprint density at radius 1 is 1.32 bits per heavy atom. The molecule has 0 bridgehead atoms. The van der Waals surface area contributed by atoms with E-state index in [9.17, 15) is 14.7 Å². The first-order valence-corrected chi connectivity index (χ1v) is 8.98. The van der Waals surface area contributed by atoms with Gasteiger partial charge in [0.1, 0.15) is 11.6 Å². The summed E-state index contributed by atoms with van der Waals surface area (Å²) < 4.78 is 7.51. The molecule has 0 aliphatic heterocycles. The minimum atomic E-state index is -1.06. The molecule has 1 amide bonds. The molecule has 1 aliphatic carbocycles. The summed E-state index contributed by atoms with van der Waals surface area (Å²) in [7, 11) is 0. The zero-order valence-corrected chi connectivity index (χ0v) is 15.9. The van der Waals surface area contributed by atoms with Crippen molar-refractivity contribution in [2.45, 2.75) is 84.4 Å². The Labute approximate surface area is 149 Å². The summed E-state index contributed by atoms with van der Waals surface area (Å²) in [5, 5.41) is 12.0. The lowest BCUT2D eigenvalue weighted by molar-refractivity contribution is -0.139. The maximum Gasteiger partial charge on any atom is 0.408 e. The van der Waals surface area contributed by atoms with Crippen LogP contribution in [0.4, 0.5) is 4.79 Å². The van der Waals surface area contributed by atoms with Gasteiger partial charge in [0, 0.05) is 23.9 Å². The third-order valence-corrected chi connectivity index (χ3v) is 4.69. The third-order valence-electron chi connectivity index (χ3n) is 4.69. The summed E-state index contributed by atoms with van der Waals surface area (Å²) in [6.45, 7) is 9.34. The van der Waals surface area contributed by atoms with Crippen LogP contribution in [0.3, 0.4) is 0 Å². The van der Waals surface area contributed by atoms with Crippen molar-refractivity contribution >= 4 is 12.1 Å². The predicted molar refractivity (Wildman–Crippen MR) is 95.9 cm³/mol. The molecule has 1 aliphatic rings. The Balaban J connectivity index is 2.13. The lowest BCUT2D eigenvalue weighted by Crippen LogP contribution is -2.44. The fourth-order valence-electron chi connectivity index (χ4n) is 3.65. The molecule has 0 aromatic carbocycles. The zero-order chi connectivity index (χ0) is 18.8. The maximum absolute atomic E-state index is 11.9. The zero-order valence-electron chi connectivity index (χ0n) is 15.9. The van der Waals surface area contributed by atoms with Crippen LogP contribution >= 0.6 is 0 Å². The van der Waals surface area contributed by atoms with Crippen LogP contribution in [-0.4, -0.2) is 33.4 Å². The van der Waals surface area contributed by atoms with Gasteiger partial charge in [0.2, 0.25) is 0 Å². The van der Waals surface area contributed by atoms with Crippen LogP contribution in [0, 0.1) is 13.8 Å². The Bertz CT molecular complexity index is 637. The number of hydrogen-bond donors (Lipinski definition) is 2. The largest absolute Gasteiger partial charge is 0.480 e. The van der Waals surface area contributed by atoms with Gasteiger partial charge < -0.3 is 19.7 Å². The molecule has 0 saturated heterocycles. The number of amides is 1. The highest BCUT2D eigenvalue weighted by atomic mass is 16.6. The summed E-state index contributed by atoms with van der Waals surface area (Å²) >= 11 is 0. The second-order valence-corrected chi connectivity index (χ2v) is 7.95. The molecule has 140 valence electrons. The van der Waals surface area contributed by atoms with Gasteiger partial charge in [-0.3, -0.25) is 0 Å². The summed E-state index contributed by atoms with van der Waals surface area (Å²) in [5.41, 5.74) is 2.56. The molecule has 1 heterocycles. The SMILES string of the molecule is Cc1cc(CC(NC(=O)OC(C)(C)C)C(=O)O)c(C)n1C1CCCC1. The average Bonchev–Trinajstić information content (AvgIpc) is 3.05.